The topological polar surface area (TPSA) is 42.9 Å². The van der Waals surface area contributed by atoms with Crippen molar-refractivity contribution in [2.75, 3.05) is 46.3 Å². The molecule has 5 heteroatoms. The highest BCUT2D eigenvalue weighted by Gasteiger charge is 2.31. The van der Waals surface area contributed by atoms with Gasteiger partial charge in [-0.3, -0.25) is 9.89 Å². The van der Waals surface area contributed by atoms with E-state index < -0.39 is 0 Å². The van der Waals surface area contributed by atoms with Gasteiger partial charge in [0.15, 0.2) is 5.96 Å². The minimum atomic E-state index is 0.498. The summed E-state index contributed by atoms with van der Waals surface area (Å²) >= 11 is 0. The maximum atomic E-state index is 4.42. The third kappa shape index (κ3) is 5.64. The molecule has 2 N–H and O–H groups in total. The monoisotopic (exact) mass is 323 g/mol. The van der Waals surface area contributed by atoms with Gasteiger partial charge in [-0.25, -0.2) is 0 Å². The summed E-state index contributed by atoms with van der Waals surface area (Å²) in [5.41, 5.74) is 0. The van der Waals surface area contributed by atoms with Crippen molar-refractivity contribution in [1.82, 2.24) is 20.4 Å². The summed E-state index contributed by atoms with van der Waals surface area (Å²) in [5, 5.41) is 7.16. The van der Waals surface area contributed by atoms with E-state index in [9.17, 15) is 0 Å². The van der Waals surface area contributed by atoms with Crippen LogP contribution in [0, 0.1) is 11.8 Å². The van der Waals surface area contributed by atoms with Crippen LogP contribution in [-0.4, -0.2) is 74.2 Å². The molecule has 0 aromatic rings. The van der Waals surface area contributed by atoms with E-state index >= 15 is 0 Å². The normalized spacial score (nSPS) is 28.5. The lowest BCUT2D eigenvalue weighted by Crippen LogP contribution is -2.48. The predicted octanol–water partition coefficient (Wildman–Crippen LogP) is 1.61. The maximum absolute atomic E-state index is 4.42. The van der Waals surface area contributed by atoms with Crippen molar-refractivity contribution in [2.24, 2.45) is 16.8 Å². The van der Waals surface area contributed by atoms with Gasteiger partial charge >= 0.3 is 0 Å². The Morgan fingerprint density at radius 3 is 2.43 bits per heavy atom. The van der Waals surface area contributed by atoms with Crippen molar-refractivity contribution < 1.29 is 0 Å². The smallest absolute Gasteiger partial charge is 0.191 e. The van der Waals surface area contributed by atoms with Gasteiger partial charge in [-0.15, -0.1) is 0 Å². The number of likely N-dealkylation sites (tertiary alicyclic amines) is 2. The first kappa shape index (κ1) is 18.5. The molecule has 0 aliphatic carbocycles. The second kappa shape index (κ2) is 8.88. The van der Waals surface area contributed by atoms with Gasteiger partial charge in [0.05, 0.1) is 0 Å². The molecule has 134 valence electrons. The maximum Gasteiger partial charge on any atom is 0.191 e. The number of aliphatic imine (C=N–C) groups is 1. The summed E-state index contributed by atoms with van der Waals surface area (Å²) in [6, 6.07) is 1.12. The van der Waals surface area contributed by atoms with Crippen LogP contribution in [-0.2, 0) is 0 Å². The first-order valence-electron chi connectivity index (χ1n) is 9.43. The van der Waals surface area contributed by atoms with Gasteiger partial charge in [0, 0.05) is 45.3 Å². The van der Waals surface area contributed by atoms with E-state index in [2.05, 4.69) is 53.1 Å². The molecule has 3 unspecified atom stereocenters. The van der Waals surface area contributed by atoms with Crippen LogP contribution in [0.3, 0.4) is 0 Å². The average molecular weight is 324 g/mol. The molecule has 0 spiro atoms. The number of hydrogen-bond donors (Lipinski definition) is 2. The van der Waals surface area contributed by atoms with Crippen molar-refractivity contribution >= 4 is 5.96 Å². The van der Waals surface area contributed by atoms with Crippen LogP contribution in [0.2, 0.25) is 0 Å². The van der Waals surface area contributed by atoms with Gasteiger partial charge in [0.1, 0.15) is 0 Å². The lowest BCUT2D eigenvalue weighted by molar-refractivity contribution is 0.265. The van der Waals surface area contributed by atoms with E-state index in [1.165, 1.54) is 39.0 Å². The van der Waals surface area contributed by atoms with Gasteiger partial charge < -0.3 is 15.5 Å². The lowest BCUT2D eigenvalue weighted by atomic mass is 10.1. The summed E-state index contributed by atoms with van der Waals surface area (Å²) < 4.78 is 0. The molecule has 5 nitrogen and oxygen atoms in total. The molecule has 2 fully saturated rings. The standard InChI is InChI=1S/C18H37N5/c1-14(2)23-12-16(4)17(13-23)21-18(19-5)20-10-15(3)11-22-8-6-7-9-22/h14-17H,6-13H2,1-5H3,(H2,19,20,21). The van der Waals surface area contributed by atoms with E-state index in [-0.39, 0.29) is 0 Å². The van der Waals surface area contributed by atoms with Crippen LogP contribution >= 0.6 is 0 Å². The number of nitrogens with one attached hydrogen (secondary N) is 2. The molecule has 0 radical (unpaired) electrons. The molecule has 3 atom stereocenters. The Morgan fingerprint density at radius 2 is 1.87 bits per heavy atom. The first-order chi connectivity index (χ1) is 11.0. The van der Waals surface area contributed by atoms with E-state index in [1.807, 2.05) is 7.05 Å². The molecule has 23 heavy (non-hydrogen) atoms. The molecule has 0 aromatic heterocycles. The Balaban J connectivity index is 1.72. The molecule has 2 heterocycles. The molecule has 0 saturated carbocycles. The highest BCUT2D eigenvalue weighted by molar-refractivity contribution is 5.80. The zero-order chi connectivity index (χ0) is 16.8. The van der Waals surface area contributed by atoms with Crippen molar-refractivity contribution in [3.8, 4) is 0 Å². The molecule has 0 amide bonds. The summed E-state index contributed by atoms with van der Waals surface area (Å²) in [6.07, 6.45) is 2.74. The van der Waals surface area contributed by atoms with Crippen molar-refractivity contribution in [3.05, 3.63) is 0 Å². The molecular formula is C18H37N5. The van der Waals surface area contributed by atoms with Gasteiger partial charge in [-0.05, 0) is 51.6 Å². The van der Waals surface area contributed by atoms with Gasteiger partial charge in [0.25, 0.3) is 0 Å². The first-order valence-corrected chi connectivity index (χ1v) is 9.43. The molecule has 0 bridgehead atoms. The van der Waals surface area contributed by atoms with E-state index in [1.54, 1.807) is 0 Å². The summed E-state index contributed by atoms with van der Waals surface area (Å²) in [7, 11) is 1.88. The number of guanidine groups is 1. The Bertz CT molecular complexity index is 376. The van der Waals surface area contributed by atoms with Gasteiger partial charge in [0.2, 0.25) is 0 Å². The molecule has 2 aliphatic heterocycles. The molecular weight excluding hydrogens is 286 g/mol. The van der Waals surface area contributed by atoms with E-state index in [0.717, 1.165) is 19.0 Å². The molecule has 2 rings (SSSR count). The van der Waals surface area contributed by atoms with Gasteiger partial charge in [-0.1, -0.05) is 13.8 Å². The number of hydrogen-bond acceptors (Lipinski definition) is 3. The predicted molar refractivity (Wildman–Crippen MR) is 99.0 cm³/mol. The Morgan fingerprint density at radius 1 is 1.17 bits per heavy atom. The summed E-state index contributed by atoms with van der Waals surface area (Å²) in [6.45, 7) is 16.3. The van der Waals surface area contributed by atoms with Crippen LogP contribution in [0.25, 0.3) is 0 Å². The van der Waals surface area contributed by atoms with Crippen molar-refractivity contribution in [1.29, 1.82) is 0 Å². The van der Waals surface area contributed by atoms with Gasteiger partial charge in [-0.2, -0.15) is 0 Å². The zero-order valence-electron chi connectivity index (χ0n) is 15.8. The fourth-order valence-corrected chi connectivity index (χ4v) is 3.73. The van der Waals surface area contributed by atoms with E-state index in [0.29, 0.717) is 23.9 Å². The number of rotatable bonds is 6. The fraction of sp³-hybridized carbons (Fsp3) is 0.944. The average Bonchev–Trinajstić information content (AvgIpc) is 3.13. The van der Waals surface area contributed by atoms with Crippen molar-refractivity contribution in [3.63, 3.8) is 0 Å². The van der Waals surface area contributed by atoms with Crippen LogP contribution in [0.4, 0.5) is 0 Å². The van der Waals surface area contributed by atoms with Crippen LogP contribution in [0.1, 0.15) is 40.5 Å². The Kier molecular flexibility index (Phi) is 7.15. The lowest BCUT2D eigenvalue weighted by Gasteiger charge is -2.24. The quantitative estimate of drug-likeness (QED) is 0.576. The zero-order valence-corrected chi connectivity index (χ0v) is 15.8. The van der Waals surface area contributed by atoms with Crippen LogP contribution in [0.15, 0.2) is 4.99 Å². The van der Waals surface area contributed by atoms with Crippen LogP contribution in [0.5, 0.6) is 0 Å². The minimum Gasteiger partial charge on any atom is -0.356 e. The summed E-state index contributed by atoms with van der Waals surface area (Å²) in [5.74, 6) is 2.28. The summed E-state index contributed by atoms with van der Waals surface area (Å²) in [4.78, 5) is 9.55. The highest BCUT2D eigenvalue weighted by atomic mass is 15.3. The third-order valence-electron chi connectivity index (χ3n) is 5.30. The SMILES string of the molecule is CN=C(NCC(C)CN1CCCC1)NC1CN(C(C)C)CC1C. The largest absolute Gasteiger partial charge is 0.356 e. The van der Waals surface area contributed by atoms with Crippen LogP contribution < -0.4 is 10.6 Å². The second-order valence-electron chi connectivity index (χ2n) is 7.84. The Hall–Kier alpha value is -0.810. The van der Waals surface area contributed by atoms with E-state index in [4.69, 9.17) is 0 Å². The third-order valence-corrected chi connectivity index (χ3v) is 5.30. The highest BCUT2D eigenvalue weighted by Crippen LogP contribution is 2.18. The molecule has 2 saturated heterocycles. The van der Waals surface area contributed by atoms with Crippen molar-refractivity contribution in [2.45, 2.75) is 52.6 Å². The number of nitrogens with zero attached hydrogens (tertiary/aromatic N) is 3. The Labute approximate surface area is 142 Å². The second-order valence-corrected chi connectivity index (χ2v) is 7.84. The molecule has 2 aliphatic rings. The molecule has 0 aromatic carbocycles. The minimum absolute atomic E-state index is 0.498. The fourth-order valence-electron chi connectivity index (χ4n) is 3.73.